The van der Waals surface area contributed by atoms with Gasteiger partial charge in [-0.2, -0.15) is 4.31 Å². The molecule has 0 radical (unpaired) electrons. The highest BCUT2D eigenvalue weighted by Crippen LogP contribution is 2.12. The van der Waals surface area contributed by atoms with Gasteiger partial charge in [0, 0.05) is 18.8 Å². The highest BCUT2D eigenvalue weighted by Gasteiger charge is 2.19. The monoisotopic (exact) mass is 292 g/mol. The van der Waals surface area contributed by atoms with Gasteiger partial charge in [0.25, 0.3) is 0 Å². The lowest BCUT2D eigenvalue weighted by atomic mass is 10.3. The molecule has 0 fully saturated rings. The number of aryl methyl sites for hydroxylation is 1. The van der Waals surface area contributed by atoms with Crippen LogP contribution in [0.25, 0.3) is 0 Å². The second-order valence-corrected chi connectivity index (χ2v) is 7.18. The topological polar surface area (TPSA) is 87.6 Å². The van der Waals surface area contributed by atoms with Crippen LogP contribution in [0.4, 0.5) is 0 Å². The van der Waals surface area contributed by atoms with E-state index in [1.165, 1.54) is 22.7 Å². The van der Waals surface area contributed by atoms with Gasteiger partial charge in [-0.1, -0.05) is 0 Å². The van der Waals surface area contributed by atoms with Crippen LogP contribution in [0.2, 0.25) is 0 Å². The van der Waals surface area contributed by atoms with Crippen molar-refractivity contribution in [3.63, 3.8) is 0 Å². The van der Waals surface area contributed by atoms with Crippen molar-refractivity contribution < 1.29 is 18.3 Å². The van der Waals surface area contributed by atoms with Crippen LogP contribution in [-0.4, -0.2) is 41.6 Å². The molecule has 102 valence electrons. The number of sulfonamides is 1. The van der Waals surface area contributed by atoms with Gasteiger partial charge >= 0.3 is 5.97 Å². The second kappa shape index (κ2) is 6.26. The van der Waals surface area contributed by atoms with Gasteiger partial charge in [0.1, 0.15) is 0 Å². The van der Waals surface area contributed by atoms with E-state index in [1.807, 2.05) is 12.3 Å². The van der Waals surface area contributed by atoms with Crippen molar-refractivity contribution in [1.82, 2.24) is 9.29 Å². The number of carboxylic acid groups (broad SMARTS) is 1. The Labute approximate surface area is 110 Å². The smallest absolute Gasteiger partial charge is 0.303 e. The Morgan fingerprint density at radius 1 is 1.56 bits per heavy atom. The van der Waals surface area contributed by atoms with Crippen LogP contribution < -0.4 is 0 Å². The summed E-state index contributed by atoms with van der Waals surface area (Å²) in [7, 11) is -1.93. The maximum absolute atomic E-state index is 11.8. The van der Waals surface area contributed by atoms with Crippen LogP contribution in [0, 0.1) is 6.92 Å². The molecule has 0 unspecified atom stereocenters. The summed E-state index contributed by atoms with van der Waals surface area (Å²) in [6.45, 7) is 2.08. The molecule has 0 aliphatic rings. The molecule has 1 aromatic heterocycles. The van der Waals surface area contributed by atoms with E-state index in [-0.39, 0.29) is 25.1 Å². The molecular formula is C10H16N2O4S2. The van der Waals surface area contributed by atoms with Crippen molar-refractivity contribution in [2.75, 3.05) is 12.8 Å². The lowest BCUT2D eigenvalue weighted by molar-refractivity contribution is -0.137. The summed E-state index contributed by atoms with van der Waals surface area (Å²) in [6, 6.07) is 0. The predicted octanol–water partition coefficient (Wildman–Crippen LogP) is 1.08. The van der Waals surface area contributed by atoms with Gasteiger partial charge in [0.2, 0.25) is 10.0 Å². The zero-order valence-corrected chi connectivity index (χ0v) is 11.9. The first-order valence-corrected chi connectivity index (χ1v) is 7.87. The first-order chi connectivity index (χ1) is 8.31. The van der Waals surface area contributed by atoms with Crippen molar-refractivity contribution >= 4 is 27.3 Å². The van der Waals surface area contributed by atoms with E-state index in [9.17, 15) is 13.2 Å². The van der Waals surface area contributed by atoms with Gasteiger partial charge < -0.3 is 5.11 Å². The lowest BCUT2D eigenvalue weighted by Crippen LogP contribution is -2.29. The summed E-state index contributed by atoms with van der Waals surface area (Å²) in [4.78, 5) is 14.5. The molecule has 8 heteroatoms. The average Bonchev–Trinajstić information content (AvgIpc) is 2.63. The molecule has 1 rings (SSSR count). The first kappa shape index (κ1) is 15.1. The van der Waals surface area contributed by atoms with E-state index in [4.69, 9.17) is 5.11 Å². The molecule has 0 aromatic carbocycles. The molecular weight excluding hydrogens is 276 g/mol. The van der Waals surface area contributed by atoms with Crippen molar-refractivity contribution in [3.05, 3.63) is 16.1 Å². The third kappa shape index (κ3) is 4.71. The minimum absolute atomic E-state index is 0.123. The van der Waals surface area contributed by atoms with Crippen LogP contribution in [0.1, 0.15) is 23.5 Å². The molecule has 0 atom stereocenters. The molecule has 6 nitrogen and oxygen atoms in total. The number of nitrogens with zero attached hydrogens (tertiary/aromatic N) is 2. The third-order valence-electron chi connectivity index (χ3n) is 2.32. The third-order valence-corrected chi connectivity index (χ3v) is 5.02. The van der Waals surface area contributed by atoms with Gasteiger partial charge in [-0.15, -0.1) is 11.3 Å². The van der Waals surface area contributed by atoms with Gasteiger partial charge in [0.05, 0.1) is 23.0 Å². The fourth-order valence-corrected chi connectivity index (χ4v) is 3.12. The fourth-order valence-electron chi connectivity index (χ4n) is 1.37. The summed E-state index contributed by atoms with van der Waals surface area (Å²) in [5.41, 5.74) is 0.710. The summed E-state index contributed by atoms with van der Waals surface area (Å²) < 4.78 is 24.9. The number of hydrogen-bond donors (Lipinski definition) is 1. The number of hydrogen-bond acceptors (Lipinski definition) is 5. The highest BCUT2D eigenvalue weighted by atomic mass is 32.2. The maximum Gasteiger partial charge on any atom is 0.303 e. The minimum Gasteiger partial charge on any atom is -0.481 e. The molecule has 0 saturated heterocycles. The normalized spacial score (nSPS) is 11.9. The van der Waals surface area contributed by atoms with Crippen LogP contribution in [0.5, 0.6) is 0 Å². The summed E-state index contributed by atoms with van der Waals surface area (Å²) in [6.07, 6.45) is -0.0129. The number of carboxylic acids is 1. The van der Waals surface area contributed by atoms with Crippen molar-refractivity contribution in [1.29, 1.82) is 0 Å². The fraction of sp³-hybridized carbons (Fsp3) is 0.600. The van der Waals surface area contributed by atoms with Gasteiger partial charge in [-0.25, -0.2) is 13.4 Å². The molecule has 0 aliphatic heterocycles. The van der Waals surface area contributed by atoms with Gasteiger partial charge in [-0.05, 0) is 13.3 Å². The Balaban J connectivity index is 2.53. The number of aromatic nitrogens is 1. The zero-order valence-electron chi connectivity index (χ0n) is 10.3. The van der Waals surface area contributed by atoms with E-state index in [0.717, 1.165) is 5.01 Å². The Morgan fingerprint density at radius 3 is 2.72 bits per heavy atom. The van der Waals surface area contributed by atoms with Gasteiger partial charge in [0.15, 0.2) is 0 Å². The van der Waals surface area contributed by atoms with E-state index in [2.05, 4.69) is 4.98 Å². The highest BCUT2D eigenvalue weighted by molar-refractivity contribution is 7.89. The van der Waals surface area contributed by atoms with Crippen molar-refractivity contribution in [2.24, 2.45) is 0 Å². The van der Waals surface area contributed by atoms with Crippen LogP contribution in [-0.2, 0) is 21.4 Å². The Bertz CT molecular complexity index is 510. The summed E-state index contributed by atoms with van der Waals surface area (Å²) >= 11 is 1.47. The molecule has 0 saturated carbocycles. The maximum atomic E-state index is 11.8. The molecule has 0 bridgehead atoms. The molecule has 1 heterocycles. The minimum atomic E-state index is -3.41. The standard InChI is InChI=1S/C10H16N2O4S2/c1-8-11-9(7-17-8)6-12(2)18(15,16)5-3-4-10(13)14/h7H,3-6H2,1-2H3,(H,13,14). The van der Waals surface area contributed by atoms with Crippen molar-refractivity contribution in [3.8, 4) is 0 Å². The Hall–Kier alpha value is -0.990. The number of thiazole rings is 1. The Morgan fingerprint density at radius 2 is 2.22 bits per heavy atom. The lowest BCUT2D eigenvalue weighted by Gasteiger charge is -2.15. The predicted molar refractivity (Wildman–Crippen MR) is 69.0 cm³/mol. The van der Waals surface area contributed by atoms with E-state index >= 15 is 0 Å². The molecule has 0 aliphatic carbocycles. The van der Waals surface area contributed by atoms with E-state index in [1.54, 1.807) is 0 Å². The molecule has 0 amide bonds. The number of rotatable bonds is 7. The Kier molecular flexibility index (Phi) is 5.24. The number of carbonyl (C=O) groups is 1. The molecule has 1 N–H and O–H groups in total. The SMILES string of the molecule is Cc1nc(CN(C)S(=O)(=O)CCCC(=O)O)cs1. The largest absolute Gasteiger partial charge is 0.481 e. The van der Waals surface area contributed by atoms with Crippen molar-refractivity contribution in [2.45, 2.75) is 26.3 Å². The summed E-state index contributed by atoms with van der Waals surface area (Å²) in [5.74, 6) is -1.14. The van der Waals surface area contributed by atoms with Gasteiger partial charge in [-0.3, -0.25) is 4.79 Å². The average molecular weight is 292 g/mol. The van der Waals surface area contributed by atoms with Crippen LogP contribution in [0.15, 0.2) is 5.38 Å². The van der Waals surface area contributed by atoms with E-state index < -0.39 is 16.0 Å². The van der Waals surface area contributed by atoms with Crippen LogP contribution >= 0.6 is 11.3 Å². The number of aliphatic carboxylic acids is 1. The molecule has 0 spiro atoms. The summed E-state index contributed by atoms with van der Waals surface area (Å²) in [5, 5.41) is 11.2. The first-order valence-electron chi connectivity index (χ1n) is 5.38. The van der Waals surface area contributed by atoms with E-state index in [0.29, 0.717) is 5.69 Å². The second-order valence-electron chi connectivity index (χ2n) is 3.93. The van der Waals surface area contributed by atoms with Crippen LogP contribution in [0.3, 0.4) is 0 Å². The zero-order chi connectivity index (χ0) is 13.8. The molecule has 18 heavy (non-hydrogen) atoms. The molecule has 1 aromatic rings. The quantitative estimate of drug-likeness (QED) is 0.812.